The van der Waals surface area contributed by atoms with Crippen molar-refractivity contribution >= 4 is 28.4 Å². The lowest BCUT2D eigenvalue weighted by Gasteiger charge is -2.17. The van der Waals surface area contributed by atoms with Gasteiger partial charge in [0.25, 0.3) is 0 Å². The van der Waals surface area contributed by atoms with Gasteiger partial charge in [-0.1, -0.05) is 17.7 Å². The Morgan fingerprint density at radius 2 is 2.11 bits per heavy atom. The highest BCUT2D eigenvalue weighted by atomic mass is 33.1. The number of benzene rings is 1. The van der Waals surface area contributed by atoms with Gasteiger partial charge in [0.1, 0.15) is 5.75 Å². The normalized spacial score (nSPS) is 10.4. The number of aryl methyl sites for hydroxylation is 1. The van der Waals surface area contributed by atoms with E-state index < -0.39 is 5.97 Å². The van der Waals surface area contributed by atoms with Gasteiger partial charge in [-0.25, -0.2) is 4.79 Å². The van der Waals surface area contributed by atoms with E-state index in [1.54, 1.807) is 0 Å². The predicted octanol–water partition coefficient (Wildman–Crippen LogP) is 3.41. The Balaban J connectivity index is 3.15. The van der Waals surface area contributed by atoms with Crippen molar-refractivity contribution in [1.29, 1.82) is 0 Å². The van der Waals surface area contributed by atoms with Crippen molar-refractivity contribution in [3.63, 3.8) is 0 Å². The molecule has 0 saturated carbocycles. The topological polar surface area (TPSA) is 46.5 Å². The van der Waals surface area contributed by atoms with Gasteiger partial charge in [0.05, 0.1) is 0 Å². The van der Waals surface area contributed by atoms with Crippen molar-refractivity contribution in [2.45, 2.75) is 32.9 Å². The molecule has 5 heteroatoms. The lowest BCUT2D eigenvalue weighted by Crippen LogP contribution is -2.11. The molecule has 0 heterocycles. The van der Waals surface area contributed by atoms with Crippen LogP contribution in [0.25, 0.3) is 0 Å². The minimum Gasteiger partial charge on any atom is -0.482 e. The van der Waals surface area contributed by atoms with E-state index in [2.05, 4.69) is 18.6 Å². The molecular formula is C13H18O3S2. The zero-order chi connectivity index (χ0) is 13.7. The van der Waals surface area contributed by atoms with Crippen molar-refractivity contribution < 1.29 is 14.6 Å². The van der Waals surface area contributed by atoms with Gasteiger partial charge in [0.2, 0.25) is 0 Å². The summed E-state index contributed by atoms with van der Waals surface area (Å²) in [5.74, 6) is 0.554. The van der Waals surface area contributed by atoms with Gasteiger partial charge in [-0.3, -0.25) is 0 Å². The van der Waals surface area contributed by atoms with E-state index in [4.69, 9.17) is 9.84 Å². The number of carboxylic acids is 1. The second kappa shape index (κ2) is 6.95. The van der Waals surface area contributed by atoms with Crippen LogP contribution in [0.5, 0.6) is 5.75 Å². The number of thiol groups is 1. The van der Waals surface area contributed by atoms with Crippen LogP contribution in [0.3, 0.4) is 0 Å². The van der Waals surface area contributed by atoms with E-state index in [-0.39, 0.29) is 6.61 Å². The fourth-order valence-electron chi connectivity index (χ4n) is 2.04. The summed E-state index contributed by atoms with van der Waals surface area (Å²) < 4.78 is 5.33. The first kappa shape index (κ1) is 15.2. The number of hydrogen-bond acceptors (Lipinski definition) is 4. The van der Waals surface area contributed by atoms with E-state index in [1.165, 1.54) is 21.9 Å². The molecule has 0 amide bonds. The Kier molecular flexibility index (Phi) is 5.88. The molecule has 0 aliphatic carbocycles. The second-order valence-electron chi connectivity index (χ2n) is 4.08. The minimum atomic E-state index is -0.958. The molecule has 0 fully saturated rings. The maximum absolute atomic E-state index is 10.6. The summed E-state index contributed by atoms with van der Waals surface area (Å²) in [4.78, 5) is 10.6. The van der Waals surface area contributed by atoms with E-state index >= 15 is 0 Å². The van der Waals surface area contributed by atoms with E-state index in [1.807, 2.05) is 19.9 Å². The van der Waals surface area contributed by atoms with Crippen LogP contribution < -0.4 is 4.74 Å². The zero-order valence-electron chi connectivity index (χ0n) is 10.8. The maximum atomic E-state index is 10.6. The number of hydrogen-bond donors (Lipinski definition) is 2. The molecule has 0 unspecified atom stereocenters. The van der Waals surface area contributed by atoms with Crippen LogP contribution in [-0.4, -0.2) is 17.7 Å². The third-order valence-electron chi connectivity index (χ3n) is 2.92. The van der Waals surface area contributed by atoms with Crippen molar-refractivity contribution in [2.75, 3.05) is 6.61 Å². The minimum absolute atomic E-state index is 0.301. The average molecular weight is 286 g/mol. The molecular weight excluding hydrogens is 268 g/mol. The van der Waals surface area contributed by atoms with Crippen LogP contribution in [0.15, 0.2) is 6.07 Å². The molecule has 3 nitrogen and oxygen atoms in total. The van der Waals surface area contributed by atoms with E-state index in [9.17, 15) is 4.79 Å². The molecule has 0 aliphatic heterocycles. The maximum Gasteiger partial charge on any atom is 0.341 e. The summed E-state index contributed by atoms with van der Waals surface area (Å²) in [5.41, 5.74) is 4.66. The number of aliphatic carboxylic acids is 1. The third-order valence-corrected chi connectivity index (χ3v) is 3.73. The standard InChI is InChI=1S/C13H18O3S2/c1-4-10-9(3)12(16-6-13(14)15)5-8(2)11(10)7-18-17/h5,17H,4,6-7H2,1-3H3,(H,14,15). The summed E-state index contributed by atoms with van der Waals surface area (Å²) in [7, 11) is 1.49. The van der Waals surface area contributed by atoms with Gasteiger partial charge >= 0.3 is 5.97 Å². The Morgan fingerprint density at radius 1 is 1.44 bits per heavy atom. The van der Waals surface area contributed by atoms with Crippen LogP contribution in [0.2, 0.25) is 0 Å². The SMILES string of the molecule is CCc1c(C)c(OCC(=O)O)cc(C)c1CSS. The van der Waals surface area contributed by atoms with Crippen molar-refractivity contribution in [2.24, 2.45) is 0 Å². The molecule has 0 atom stereocenters. The summed E-state index contributed by atoms with van der Waals surface area (Å²) in [5, 5.41) is 8.66. The Labute approximate surface area is 117 Å². The highest BCUT2D eigenvalue weighted by Crippen LogP contribution is 2.31. The van der Waals surface area contributed by atoms with E-state index in [0.29, 0.717) is 5.75 Å². The van der Waals surface area contributed by atoms with Crippen molar-refractivity contribution in [1.82, 2.24) is 0 Å². The number of ether oxygens (including phenoxy) is 1. The molecule has 18 heavy (non-hydrogen) atoms. The summed E-state index contributed by atoms with van der Waals surface area (Å²) in [6, 6.07) is 1.91. The summed E-state index contributed by atoms with van der Waals surface area (Å²) in [6.45, 7) is 5.78. The molecule has 1 aromatic carbocycles. The van der Waals surface area contributed by atoms with Crippen LogP contribution >= 0.6 is 22.5 Å². The lowest BCUT2D eigenvalue weighted by atomic mass is 9.95. The molecule has 1 N–H and O–H groups in total. The summed E-state index contributed by atoms with van der Waals surface area (Å²) >= 11 is 4.20. The fraction of sp³-hybridized carbons (Fsp3) is 0.462. The van der Waals surface area contributed by atoms with E-state index in [0.717, 1.165) is 23.3 Å². The average Bonchev–Trinajstić information content (AvgIpc) is 2.32. The Hall–Kier alpha value is -0.810. The van der Waals surface area contributed by atoms with Crippen molar-refractivity contribution in [3.8, 4) is 5.75 Å². The highest BCUT2D eigenvalue weighted by molar-refractivity contribution is 8.68. The van der Waals surface area contributed by atoms with Gasteiger partial charge in [0, 0.05) is 5.75 Å². The molecule has 0 bridgehead atoms. The molecule has 1 rings (SSSR count). The first-order chi connectivity index (χ1) is 8.51. The molecule has 0 saturated heterocycles. The van der Waals surface area contributed by atoms with Gasteiger partial charge < -0.3 is 9.84 Å². The Morgan fingerprint density at radius 3 is 2.61 bits per heavy atom. The van der Waals surface area contributed by atoms with Gasteiger partial charge in [-0.05, 0) is 48.6 Å². The summed E-state index contributed by atoms with van der Waals surface area (Å²) in [6.07, 6.45) is 0.903. The predicted molar refractivity (Wildman–Crippen MR) is 78.7 cm³/mol. The van der Waals surface area contributed by atoms with Gasteiger partial charge in [0.15, 0.2) is 6.61 Å². The zero-order valence-corrected chi connectivity index (χ0v) is 12.5. The van der Waals surface area contributed by atoms with Gasteiger partial charge in [-0.15, -0.1) is 11.7 Å². The highest BCUT2D eigenvalue weighted by Gasteiger charge is 2.13. The fourth-order valence-corrected chi connectivity index (χ4v) is 2.96. The van der Waals surface area contributed by atoms with Gasteiger partial charge in [-0.2, -0.15) is 0 Å². The van der Waals surface area contributed by atoms with Crippen LogP contribution in [0.1, 0.15) is 29.2 Å². The number of carbonyl (C=O) groups is 1. The molecule has 0 aromatic heterocycles. The lowest BCUT2D eigenvalue weighted by molar-refractivity contribution is -0.139. The first-order valence-corrected chi connectivity index (χ1v) is 7.77. The smallest absolute Gasteiger partial charge is 0.341 e. The molecule has 1 aromatic rings. The first-order valence-electron chi connectivity index (χ1n) is 5.74. The molecule has 100 valence electrons. The number of rotatable bonds is 6. The quantitative estimate of drug-likeness (QED) is 0.621. The van der Waals surface area contributed by atoms with Crippen molar-refractivity contribution in [3.05, 3.63) is 28.3 Å². The third kappa shape index (κ3) is 3.59. The van der Waals surface area contributed by atoms with Crippen LogP contribution in [0.4, 0.5) is 0 Å². The monoisotopic (exact) mass is 286 g/mol. The number of carboxylic acid groups (broad SMARTS) is 1. The van der Waals surface area contributed by atoms with Crippen LogP contribution in [0, 0.1) is 13.8 Å². The molecule has 0 radical (unpaired) electrons. The Bertz CT molecular complexity index is 444. The van der Waals surface area contributed by atoms with Crippen LogP contribution in [-0.2, 0) is 17.0 Å². The largest absolute Gasteiger partial charge is 0.482 e. The molecule has 0 aliphatic rings. The second-order valence-corrected chi connectivity index (χ2v) is 5.40. The molecule has 0 spiro atoms.